The van der Waals surface area contributed by atoms with Crippen LogP contribution in [-0.2, 0) is 9.47 Å². The van der Waals surface area contributed by atoms with E-state index in [4.69, 9.17) is 9.47 Å². The Balaban J connectivity index is 1.35. The Kier molecular flexibility index (Phi) is 9.07. The first kappa shape index (κ1) is 29.1. The summed E-state index contributed by atoms with van der Waals surface area (Å²) in [7, 11) is 1.81. The lowest BCUT2D eigenvalue weighted by molar-refractivity contribution is -0.0330. The minimum atomic E-state index is -1.73. The van der Waals surface area contributed by atoms with Crippen LogP contribution in [0.25, 0.3) is 11.2 Å². The summed E-state index contributed by atoms with van der Waals surface area (Å²) in [6.07, 6.45) is 0.630. The lowest BCUT2D eigenvalue weighted by atomic mass is 10.1. The molecule has 4 rings (SSSR count). The normalized spacial score (nSPS) is 21.3. The summed E-state index contributed by atoms with van der Waals surface area (Å²) in [5.74, 6) is -0.195. The van der Waals surface area contributed by atoms with Crippen molar-refractivity contribution in [1.82, 2.24) is 29.7 Å². The van der Waals surface area contributed by atoms with Crippen LogP contribution >= 0.6 is 0 Å². The number of alkyl halides is 1. The van der Waals surface area contributed by atoms with Crippen LogP contribution in [0.1, 0.15) is 37.4 Å². The topological polar surface area (TPSA) is 144 Å². The Morgan fingerprint density at radius 1 is 1.20 bits per heavy atom. The van der Waals surface area contributed by atoms with Crippen molar-refractivity contribution in [2.24, 2.45) is 0 Å². The summed E-state index contributed by atoms with van der Waals surface area (Å²) in [6, 6.07) is 8.64. The van der Waals surface area contributed by atoms with E-state index in [1.807, 2.05) is 18.0 Å². The molecule has 1 aromatic carbocycles. The second-order valence-electron chi connectivity index (χ2n) is 10.4. The number of likely N-dealkylation sites (N-methyl/N-ethyl adjacent to an activating group) is 1. The van der Waals surface area contributed by atoms with Gasteiger partial charge in [-0.05, 0) is 40.0 Å². The van der Waals surface area contributed by atoms with E-state index in [9.17, 15) is 14.7 Å². The smallest absolute Gasteiger partial charge is 0.407 e. The molecule has 3 heterocycles. The minimum Gasteiger partial charge on any atom is -0.444 e. The molecule has 2 aromatic heterocycles. The lowest BCUT2D eigenvalue weighted by Crippen LogP contribution is -2.37. The molecule has 3 N–H and O–H groups in total. The molecule has 40 heavy (non-hydrogen) atoms. The summed E-state index contributed by atoms with van der Waals surface area (Å²) >= 11 is 0. The highest BCUT2D eigenvalue weighted by Gasteiger charge is 2.46. The zero-order valence-electron chi connectivity index (χ0n) is 22.8. The van der Waals surface area contributed by atoms with Gasteiger partial charge in [0.2, 0.25) is 0 Å². The number of aliphatic hydroxyl groups excluding tert-OH is 1. The number of nitrogens with zero attached hydrogens (tertiary/aromatic N) is 5. The first-order valence-corrected chi connectivity index (χ1v) is 12.9. The number of aliphatic hydroxyl groups is 1. The number of rotatable bonds is 9. The van der Waals surface area contributed by atoms with Gasteiger partial charge in [0.25, 0.3) is 5.91 Å². The monoisotopic (exact) mass is 555 g/mol. The third-order valence-corrected chi connectivity index (χ3v) is 6.03. The van der Waals surface area contributed by atoms with Gasteiger partial charge < -0.3 is 30.1 Å². The fourth-order valence-corrected chi connectivity index (χ4v) is 4.15. The minimum absolute atomic E-state index is 0.177. The van der Waals surface area contributed by atoms with E-state index in [-0.39, 0.29) is 29.4 Å². The van der Waals surface area contributed by atoms with Crippen molar-refractivity contribution in [3.8, 4) is 0 Å². The number of benzene rings is 1. The standard InChI is InChI=1S/C27H34FN7O5/c1-27(2,3)40-26(38)29-12-8-9-13-34(4)14-18-21(36)19(28)25(39-18)35-16-32-20-22(30-15-31-23(20)35)33-24(37)17-10-6-5-7-11-17/h5-11,15-16,18-19,21,25,36H,12-14H2,1-4H3,(H,29,38)(H,30,31,33,37)/b9-8-/t18-,19-,21-,25-/m1/s1. The first-order valence-electron chi connectivity index (χ1n) is 12.9. The van der Waals surface area contributed by atoms with Crippen molar-refractivity contribution in [2.75, 3.05) is 32.0 Å². The number of halogens is 1. The predicted octanol–water partition coefficient (Wildman–Crippen LogP) is 2.69. The molecule has 0 unspecified atom stereocenters. The zero-order chi connectivity index (χ0) is 28.9. The summed E-state index contributed by atoms with van der Waals surface area (Å²) in [6.45, 7) is 6.39. The average molecular weight is 556 g/mol. The van der Waals surface area contributed by atoms with Gasteiger partial charge in [-0.15, -0.1) is 0 Å². The highest BCUT2D eigenvalue weighted by Crippen LogP contribution is 2.34. The van der Waals surface area contributed by atoms with Crippen molar-refractivity contribution >= 4 is 29.0 Å². The fraction of sp³-hybridized carbons (Fsp3) is 0.444. The van der Waals surface area contributed by atoms with E-state index in [1.54, 1.807) is 57.2 Å². The van der Waals surface area contributed by atoms with Crippen LogP contribution in [-0.4, -0.2) is 92.2 Å². The Labute approximate surface area is 231 Å². The number of alkyl carbamates (subject to hydrolysis) is 1. The second kappa shape index (κ2) is 12.5. The SMILES string of the molecule is CN(C/C=C\CNC(=O)OC(C)(C)C)C[C@H]1O[C@@H](n2cnc3c(NC(=O)c4ccccc4)ncnc32)[C@H](F)[C@@H]1O. The third kappa shape index (κ3) is 7.17. The number of imidazole rings is 1. The zero-order valence-corrected chi connectivity index (χ0v) is 22.8. The maximum atomic E-state index is 15.2. The molecular weight excluding hydrogens is 521 g/mol. The van der Waals surface area contributed by atoms with Crippen molar-refractivity contribution in [3.63, 3.8) is 0 Å². The quantitative estimate of drug-likeness (QED) is 0.340. The maximum Gasteiger partial charge on any atom is 0.407 e. The van der Waals surface area contributed by atoms with Crippen molar-refractivity contribution in [2.45, 2.75) is 51.0 Å². The highest BCUT2D eigenvalue weighted by molar-refractivity contribution is 6.06. The van der Waals surface area contributed by atoms with Gasteiger partial charge in [0, 0.05) is 25.2 Å². The van der Waals surface area contributed by atoms with Crippen LogP contribution in [0.15, 0.2) is 55.1 Å². The van der Waals surface area contributed by atoms with Crippen molar-refractivity contribution in [3.05, 3.63) is 60.7 Å². The number of carbonyl (C=O) groups excluding carboxylic acids is 2. The largest absolute Gasteiger partial charge is 0.444 e. The van der Waals surface area contributed by atoms with E-state index < -0.39 is 36.3 Å². The summed E-state index contributed by atoms with van der Waals surface area (Å²) in [5, 5.41) is 15.9. The van der Waals surface area contributed by atoms with Gasteiger partial charge >= 0.3 is 6.09 Å². The number of hydrogen-bond donors (Lipinski definition) is 3. The number of nitrogens with one attached hydrogen (secondary N) is 2. The summed E-state index contributed by atoms with van der Waals surface area (Å²) < 4.78 is 27.7. The Morgan fingerprint density at radius 3 is 2.67 bits per heavy atom. The molecule has 0 radical (unpaired) electrons. The molecule has 1 aliphatic rings. The summed E-state index contributed by atoms with van der Waals surface area (Å²) in [5.41, 5.74) is 0.398. The van der Waals surface area contributed by atoms with Gasteiger partial charge in [-0.2, -0.15) is 0 Å². The van der Waals surface area contributed by atoms with Gasteiger partial charge in [0.15, 0.2) is 29.4 Å². The molecule has 0 saturated carbocycles. The van der Waals surface area contributed by atoms with Crippen LogP contribution in [0, 0.1) is 0 Å². The lowest BCUT2D eigenvalue weighted by Gasteiger charge is -2.21. The second-order valence-corrected chi connectivity index (χ2v) is 10.4. The molecule has 12 nitrogen and oxygen atoms in total. The Bertz CT molecular complexity index is 1340. The van der Waals surface area contributed by atoms with E-state index in [0.717, 1.165) is 0 Å². The number of anilines is 1. The van der Waals surface area contributed by atoms with Gasteiger partial charge in [0.05, 0.1) is 6.33 Å². The van der Waals surface area contributed by atoms with Crippen LogP contribution in [0.4, 0.5) is 15.0 Å². The van der Waals surface area contributed by atoms with Gasteiger partial charge in [-0.25, -0.2) is 24.1 Å². The molecule has 1 fully saturated rings. The molecule has 2 amide bonds. The van der Waals surface area contributed by atoms with Crippen LogP contribution in [0.2, 0.25) is 0 Å². The number of aromatic nitrogens is 4. The van der Waals surface area contributed by atoms with Crippen LogP contribution < -0.4 is 10.6 Å². The van der Waals surface area contributed by atoms with E-state index >= 15 is 4.39 Å². The molecule has 214 valence electrons. The van der Waals surface area contributed by atoms with Crippen molar-refractivity contribution in [1.29, 1.82) is 0 Å². The number of hydrogen-bond acceptors (Lipinski definition) is 9. The maximum absolute atomic E-state index is 15.2. The average Bonchev–Trinajstić information content (AvgIpc) is 3.45. The van der Waals surface area contributed by atoms with E-state index in [2.05, 4.69) is 25.6 Å². The predicted molar refractivity (Wildman–Crippen MR) is 145 cm³/mol. The van der Waals surface area contributed by atoms with Gasteiger partial charge in [0.1, 0.15) is 24.1 Å². The molecule has 13 heteroatoms. The molecule has 4 atom stereocenters. The van der Waals surface area contributed by atoms with Crippen LogP contribution in [0.3, 0.4) is 0 Å². The highest BCUT2D eigenvalue weighted by atomic mass is 19.1. The van der Waals surface area contributed by atoms with Gasteiger partial charge in [-0.1, -0.05) is 30.4 Å². The van der Waals surface area contributed by atoms with Crippen molar-refractivity contribution < 1.29 is 28.6 Å². The third-order valence-electron chi connectivity index (χ3n) is 6.03. The summed E-state index contributed by atoms with van der Waals surface area (Å²) in [4.78, 5) is 38.8. The molecule has 0 bridgehead atoms. The molecule has 3 aromatic rings. The number of carbonyl (C=O) groups is 2. The Morgan fingerprint density at radius 2 is 1.95 bits per heavy atom. The molecule has 0 aliphatic carbocycles. The van der Waals surface area contributed by atoms with Crippen LogP contribution in [0.5, 0.6) is 0 Å². The molecule has 1 saturated heterocycles. The number of ether oxygens (including phenoxy) is 2. The molecule has 1 aliphatic heterocycles. The number of fused-ring (bicyclic) bond motifs is 1. The molecular formula is C27H34FN7O5. The number of amides is 2. The van der Waals surface area contributed by atoms with E-state index in [0.29, 0.717) is 18.7 Å². The van der Waals surface area contributed by atoms with E-state index in [1.165, 1.54) is 17.2 Å². The fourth-order valence-electron chi connectivity index (χ4n) is 4.15. The van der Waals surface area contributed by atoms with Gasteiger partial charge in [-0.3, -0.25) is 9.36 Å². The Hall–Kier alpha value is -3.94. The first-order chi connectivity index (χ1) is 19.0. The molecule has 0 spiro atoms.